The van der Waals surface area contributed by atoms with Gasteiger partial charge >= 0.3 is 5.97 Å². The van der Waals surface area contributed by atoms with Crippen molar-refractivity contribution in [3.63, 3.8) is 0 Å². The zero-order valence-electron chi connectivity index (χ0n) is 12.1. The van der Waals surface area contributed by atoms with E-state index in [4.69, 9.17) is 0 Å². The molecule has 2 atom stereocenters. The van der Waals surface area contributed by atoms with Gasteiger partial charge in [0.25, 0.3) is 5.92 Å². The van der Waals surface area contributed by atoms with E-state index < -0.39 is 24.4 Å². The second-order valence-electron chi connectivity index (χ2n) is 5.90. The van der Waals surface area contributed by atoms with Crippen LogP contribution in [0, 0.1) is 5.92 Å². The van der Waals surface area contributed by atoms with Gasteiger partial charge in [0, 0.05) is 18.9 Å². The summed E-state index contributed by atoms with van der Waals surface area (Å²) in [4.78, 5) is 11.2. The van der Waals surface area contributed by atoms with E-state index in [1.807, 2.05) is 30.3 Å². The van der Waals surface area contributed by atoms with E-state index >= 15 is 0 Å². The highest BCUT2D eigenvalue weighted by Gasteiger charge is 2.41. The third kappa shape index (κ3) is 5.08. The Morgan fingerprint density at radius 3 is 2.52 bits per heavy atom. The van der Waals surface area contributed by atoms with Crippen LogP contribution in [0.25, 0.3) is 0 Å². The predicted octanol–water partition coefficient (Wildman–Crippen LogP) is 3.62. The van der Waals surface area contributed by atoms with Crippen molar-refractivity contribution in [1.29, 1.82) is 0 Å². The molecular formula is C16H21F2NO2. The van der Waals surface area contributed by atoms with Crippen LogP contribution >= 0.6 is 0 Å². The van der Waals surface area contributed by atoms with E-state index in [9.17, 15) is 18.7 Å². The first-order valence-corrected chi connectivity index (χ1v) is 7.29. The second kappa shape index (κ2) is 6.52. The Morgan fingerprint density at radius 2 is 2.00 bits per heavy atom. The minimum absolute atomic E-state index is 0.0704. The Morgan fingerprint density at radius 1 is 1.38 bits per heavy atom. The summed E-state index contributed by atoms with van der Waals surface area (Å²) in [6, 6.07) is 7.70. The molecule has 2 N–H and O–H groups in total. The van der Waals surface area contributed by atoms with Gasteiger partial charge in [0.15, 0.2) is 0 Å². The van der Waals surface area contributed by atoms with Gasteiger partial charge in [0.05, 0.1) is 0 Å². The molecule has 21 heavy (non-hydrogen) atoms. The largest absolute Gasteiger partial charge is 0.480 e. The van der Waals surface area contributed by atoms with Crippen LogP contribution in [0.15, 0.2) is 30.3 Å². The number of halogens is 2. The highest BCUT2D eigenvalue weighted by Crippen LogP contribution is 2.41. The van der Waals surface area contributed by atoms with Crippen LogP contribution in [0.4, 0.5) is 8.78 Å². The number of rotatable bonds is 8. The number of hydrogen-bond acceptors (Lipinski definition) is 2. The highest BCUT2D eigenvalue weighted by molar-refractivity contribution is 5.73. The molecule has 1 aromatic carbocycles. The molecule has 1 fully saturated rings. The molecule has 0 spiro atoms. The van der Waals surface area contributed by atoms with E-state index in [0.717, 1.165) is 18.4 Å². The Balaban J connectivity index is 1.96. The minimum atomic E-state index is -2.92. The predicted molar refractivity (Wildman–Crippen MR) is 76.3 cm³/mol. The lowest BCUT2D eigenvalue weighted by atomic mass is 10.0. The summed E-state index contributed by atoms with van der Waals surface area (Å²) in [6.07, 6.45) is 0.816. The van der Waals surface area contributed by atoms with Crippen molar-refractivity contribution in [3.8, 4) is 0 Å². The van der Waals surface area contributed by atoms with Crippen LogP contribution < -0.4 is 5.32 Å². The number of aliphatic carboxylic acids is 1. The first-order valence-electron chi connectivity index (χ1n) is 7.29. The summed E-state index contributed by atoms with van der Waals surface area (Å²) in [7, 11) is 0. The number of carboxylic acid groups (broad SMARTS) is 1. The molecule has 1 aromatic rings. The summed E-state index contributed by atoms with van der Waals surface area (Å²) in [5, 5.41) is 12.0. The summed E-state index contributed by atoms with van der Waals surface area (Å²) < 4.78 is 27.7. The van der Waals surface area contributed by atoms with Gasteiger partial charge in [-0.25, -0.2) is 8.78 Å². The molecule has 1 saturated carbocycles. The molecule has 0 heterocycles. The van der Waals surface area contributed by atoms with Crippen molar-refractivity contribution >= 4 is 5.97 Å². The van der Waals surface area contributed by atoms with Gasteiger partial charge in [0.1, 0.15) is 6.04 Å². The van der Waals surface area contributed by atoms with Crippen LogP contribution in [-0.2, 0) is 4.79 Å². The van der Waals surface area contributed by atoms with Crippen molar-refractivity contribution in [2.24, 2.45) is 5.92 Å². The van der Waals surface area contributed by atoms with E-state index in [1.165, 1.54) is 0 Å². The van der Waals surface area contributed by atoms with Gasteiger partial charge < -0.3 is 5.11 Å². The average molecular weight is 297 g/mol. The number of carboxylic acids is 1. The van der Waals surface area contributed by atoms with Gasteiger partial charge in [-0.05, 0) is 31.2 Å². The van der Waals surface area contributed by atoms with Gasteiger partial charge in [-0.15, -0.1) is 0 Å². The van der Waals surface area contributed by atoms with Crippen molar-refractivity contribution in [1.82, 2.24) is 5.32 Å². The summed E-state index contributed by atoms with van der Waals surface area (Å²) in [6.45, 7) is 1.78. The van der Waals surface area contributed by atoms with Crippen molar-refractivity contribution in [2.75, 3.05) is 0 Å². The SMILES string of the molecule is C[C@@H](N[C@@H](CC(F)(F)CC1CC1)C(=O)O)c1ccccc1. The van der Waals surface area contributed by atoms with Crippen LogP contribution in [-0.4, -0.2) is 23.0 Å². The summed E-state index contributed by atoms with van der Waals surface area (Å²) in [5.74, 6) is -4.08. The number of nitrogens with one attached hydrogen (secondary N) is 1. The van der Waals surface area contributed by atoms with E-state index in [-0.39, 0.29) is 18.4 Å². The van der Waals surface area contributed by atoms with Crippen LogP contribution in [0.3, 0.4) is 0 Å². The Kier molecular flexibility index (Phi) is 4.93. The number of hydrogen-bond donors (Lipinski definition) is 2. The normalized spacial score (nSPS) is 18.2. The maximum absolute atomic E-state index is 13.9. The number of benzene rings is 1. The minimum Gasteiger partial charge on any atom is -0.480 e. The van der Waals surface area contributed by atoms with Crippen molar-refractivity contribution in [3.05, 3.63) is 35.9 Å². The number of alkyl halides is 2. The maximum atomic E-state index is 13.9. The highest BCUT2D eigenvalue weighted by atomic mass is 19.3. The van der Waals surface area contributed by atoms with E-state index in [1.54, 1.807) is 6.92 Å². The lowest BCUT2D eigenvalue weighted by Crippen LogP contribution is -2.42. The van der Waals surface area contributed by atoms with Crippen molar-refractivity contribution in [2.45, 2.75) is 50.6 Å². The maximum Gasteiger partial charge on any atom is 0.320 e. The topological polar surface area (TPSA) is 49.3 Å². The fourth-order valence-electron chi connectivity index (χ4n) is 2.48. The lowest BCUT2D eigenvalue weighted by Gasteiger charge is -2.24. The van der Waals surface area contributed by atoms with Crippen LogP contribution in [0.5, 0.6) is 0 Å². The molecule has 1 aliphatic carbocycles. The summed E-state index contributed by atoms with van der Waals surface area (Å²) >= 11 is 0. The quantitative estimate of drug-likeness (QED) is 0.770. The first-order chi connectivity index (χ1) is 9.87. The van der Waals surface area contributed by atoms with Gasteiger partial charge in [-0.2, -0.15) is 0 Å². The molecule has 5 heteroatoms. The van der Waals surface area contributed by atoms with Gasteiger partial charge in [-0.1, -0.05) is 30.3 Å². The summed E-state index contributed by atoms with van der Waals surface area (Å²) in [5.41, 5.74) is 0.884. The zero-order valence-corrected chi connectivity index (χ0v) is 12.1. The third-order valence-corrected chi connectivity index (χ3v) is 3.84. The van der Waals surface area contributed by atoms with Crippen LogP contribution in [0.2, 0.25) is 0 Å². The molecule has 0 radical (unpaired) electrons. The molecule has 3 nitrogen and oxygen atoms in total. The molecule has 0 bridgehead atoms. The molecule has 0 aliphatic heterocycles. The molecule has 0 amide bonds. The molecule has 0 unspecified atom stereocenters. The molecule has 116 valence electrons. The Bertz CT molecular complexity index is 474. The van der Waals surface area contributed by atoms with E-state index in [0.29, 0.717) is 0 Å². The van der Waals surface area contributed by atoms with Crippen LogP contribution in [0.1, 0.15) is 44.2 Å². The smallest absolute Gasteiger partial charge is 0.320 e. The van der Waals surface area contributed by atoms with Gasteiger partial charge in [0.2, 0.25) is 0 Å². The molecule has 0 aromatic heterocycles. The molecular weight excluding hydrogens is 276 g/mol. The lowest BCUT2D eigenvalue weighted by molar-refractivity contribution is -0.143. The van der Waals surface area contributed by atoms with Crippen molar-refractivity contribution < 1.29 is 18.7 Å². The number of carbonyl (C=O) groups is 1. The Hall–Kier alpha value is -1.49. The molecule has 0 saturated heterocycles. The fraction of sp³-hybridized carbons (Fsp3) is 0.562. The average Bonchev–Trinajstić information content (AvgIpc) is 3.21. The fourth-order valence-corrected chi connectivity index (χ4v) is 2.48. The van der Waals surface area contributed by atoms with E-state index in [2.05, 4.69) is 5.32 Å². The molecule has 1 aliphatic rings. The zero-order chi connectivity index (χ0) is 15.5. The standard InChI is InChI=1S/C16H21F2NO2/c1-11(13-5-3-2-4-6-13)19-14(15(20)21)10-16(17,18)9-12-7-8-12/h2-6,11-12,14,19H,7-10H2,1H3,(H,20,21)/t11-,14+/m1/s1. The monoisotopic (exact) mass is 297 g/mol. The molecule has 2 rings (SSSR count). The Labute approximate surface area is 123 Å². The van der Waals surface area contributed by atoms with Gasteiger partial charge in [-0.3, -0.25) is 10.1 Å². The third-order valence-electron chi connectivity index (χ3n) is 3.84. The first kappa shape index (κ1) is 15.9. The second-order valence-corrected chi connectivity index (χ2v) is 5.90.